The molecule has 1 aliphatic heterocycles. The van der Waals surface area contributed by atoms with Gasteiger partial charge in [0.25, 0.3) is 0 Å². The summed E-state index contributed by atoms with van der Waals surface area (Å²) >= 11 is 0. The number of aryl methyl sites for hydroxylation is 1. The summed E-state index contributed by atoms with van der Waals surface area (Å²) in [7, 11) is -3.09. The van der Waals surface area contributed by atoms with Crippen LogP contribution >= 0.6 is 7.92 Å². The van der Waals surface area contributed by atoms with Gasteiger partial charge < -0.3 is 0 Å². The molecule has 1 heteroatoms. The Morgan fingerprint density at radius 3 is 2.87 bits per heavy atom. The molecule has 0 aliphatic carbocycles. The summed E-state index contributed by atoms with van der Waals surface area (Å²) in [6.07, 6.45) is -5.56. The van der Waals surface area contributed by atoms with Crippen LogP contribution in [0, 0.1) is 6.92 Å². The minimum absolute atomic E-state index is 0.0741. The molecule has 0 aromatic heterocycles. The number of rotatable bonds is 0. The zero-order valence-corrected chi connectivity index (χ0v) is 8.84. The van der Waals surface area contributed by atoms with E-state index in [1.54, 1.807) is 0 Å². The molecule has 0 amide bonds. The van der Waals surface area contributed by atoms with E-state index in [0.29, 0.717) is 0 Å². The van der Waals surface area contributed by atoms with Crippen LogP contribution in [0.4, 0.5) is 0 Å². The molecule has 2 aromatic rings. The molecule has 0 radical (unpaired) electrons. The van der Waals surface area contributed by atoms with Gasteiger partial charge in [-0.3, -0.25) is 0 Å². The van der Waals surface area contributed by atoms with Gasteiger partial charge in [-0.25, -0.2) is 0 Å². The van der Waals surface area contributed by atoms with Crippen molar-refractivity contribution in [2.45, 2.75) is 19.2 Å². The summed E-state index contributed by atoms with van der Waals surface area (Å²) in [5.74, 6) is 0. The first-order valence-corrected chi connectivity index (χ1v) is 5.76. The maximum Gasteiger partial charge on any atom is 0.0629 e. The summed E-state index contributed by atoms with van der Waals surface area (Å²) in [5, 5.41) is -0.285. The van der Waals surface area contributed by atoms with E-state index in [0.717, 1.165) is 0 Å². The van der Waals surface area contributed by atoms with E-state index in [-0.39, 0.29) is 16.3 Å². The van der Waals surface area contributed by atoms with Gasteiger partial charge >= 0.3 is 0 Å². The molecule has 1 heterocycles. The first kappa shape index (κ1) is 3.08. The molecular weight excluding hydrogens is 199 g/mol. The van der Waals surface area contributed by atoms with E-state index >= 15 is 0 Å². The normalized spacial score (nSPS) is 38.6. The van der Waals surface area contributed by atoms with Gasteiger partial charge in [0.2, 0.25) is 0 Å². The summed E-state index contributed by atoms with van der Waals surface area (Å²) < 4.78 is 97.6. The quantitative estimate of drug-likeness (QED) is 0.588. The van der Waals surface area contributed by atoms with Crippen molar-refractivity contribution in [1.29, 1.82) is 0 Å². The lowest BCUT2D eigenvalue weighted by atomic mass is 9.97. The van der Waals surface area contributed by atoms with Crippen LogP contribution in [0.3, 0.4) is 0 Å². The first-order chi connectivity index (χ1) is 12.1. The third-order valence-electron chi connectivity index (χ3n) is 2.32. The predicted molar refractivity (Wildman–Crippen MR) is 68.9 cm³/mol. The van der Waals surface area contributed by atoms with Crippen LogP contribution < -0.4 is 0 Å². The smallest absolute Gasteiger partial charge is 0.0629 e. The average molecular weight is 226 g/mol. The number of hydrogen-bond donors (Lipinski definition) is 0. The Kier molecular flexibility index (Phi) is 0.681. The lowest BCUT2D eigenvalue weighted by Gasteiger charge is -2.23. The molecule has 3 rings (SSSR count). The maximum absolute atomic E-state index is 8.44. The highest BCUT2D eigenvalue weighted by Gasteiger charge is 2.17. The summed E-state index contributed by atoms with van der Waals surface area (Å²) in [4.78, 5) is 0. The zero-order valence-electron chi connectivity index (χ0n) is 19.9. The number of hydrogen-bond acceptors (Lipinski definition) is 0. The van der Waals surface area contributed by atoms with Crippen molar-refractivity contribution in [3.63, 3.8) is 0 Å². The highest BCUT2D eigenvalue weighted by atomic mass is 31.1. The maximum atomic E-state index is 8.44. The molecule has 0 fully saturated rings. The lowest BCUT2D eigenvalue weighted by molar-refractivity contribution is 1.29. The van der Waals surface area contributed by atoms with E-state index < -0.39 is 68.1 Å². The van der Waals surface area contributed by atoms with E-state index in [2.05, 4.69) is 0 Å². The van der Waals surface area contributed by atoms with Crippen molar-refractivity contribution < 1.29 is 16.4 Å². The van der Waals surface area contributed by atoms with Crippen LogP contribution in [0.25, 0.3) is 10.8 Å². The van der Waals surface area contributed by atoms with Crippen molar-refractivity contribution in [1.82, 2.24) is 0 Å². The van der Waals surface area contributed by atoms with Crippen LogP contribution in [0.1, 0.15) is 33.1 Å². The Balaban J connectivity index is 2.74. The van der Waals surface area contributed by atoms with Crippen molar-refractivity contribution in [3.05, 3.63) is 46.9 Å². The van der Waals surface area contributed by atoms with Gasteiger partial charge in [-0.1, -0.05) is 30.2 Å². The molecule has 1 atom stereocenters. The van der Waals surface area contributed by atoms with Crippen LogP contribution in [0.2, 0.25) is 0 Å². The van der Waals surface area contributed by atoms with Crippen LogP contribution in [0.15, 0.2) is 30.2 Å². The van der Waals surface area contributed by atoms with Gasteiger partial charge in [0.15, 0.2) is 0 Å². The summed E-state index contributed by atoms with van der Waals surface area (Å²) in [6.45, 7) is -1.63. The zero-order chi connectivity index (χ0) is 20.9. The van der Waals surface area contributed by atoms with Crippen molar-refractivity contribution in [2.75, 3.05) is 6.59 Å². The fraction of sp³-hybridized carbons (Fsp3) is 0.286. The lowest BCUT2D eigenvalue weighted by Crippen LogP contribution is -1.99. The van der Waals surface area contributed by atoms with E-state index in [1.165, 1.54) is 6.92 Å². The first-order valence-electron chi connectivity index (χ1n) is 10.4. The van der Waals surface area contributed by atoms with E-state index in [4.69, 9.17) is 16.4 Å². The van der Waals surface area contributed by atoms with E-state index in [9.17, 15) is 0 Å². The molecule has 0 saturated carbocycles. The largest absolute Gasteiger partial charge is 0.101 e. The van der Waals surface area contributed by atoms with Gasteiger partial charge in [-0.2, -0.15) is 0 Å². The SMILES string of the molecule is [2H]c1c([2H])c2c3c(c([2H])c([2H])c(C)c3c1[2H])C([2H])([2H])P(C([2H])([2H])[2H])C2([2H])[2H]. The molecule has 0 saturated heterocycles. The summed E-state index contributed by atoms with van der Waals surface area (Å²) in [6, 6.07) is -2.73. The van der Waals surface area contributed by atoms with Crippen LogP contribution in [-0.2, 0) is 12.2 Å². The Hall–Kier alpha value is -0.870. The van der Waals surface area contributed by atoms with Gasteiger partial charge in [0.1, 0.15) is 0 Å². The highest BCUT2D eigenvalue weighted by Crippen LogP contribution is 2.47. The third-order valence-corrected chi connectivity index (χ3v) is 3.22. The second-order valence-electron chi connectivity index (χ2n) is 3.31. The van der Waals surface area contributed by atoms with E-state index in [1.807, 2.05) is 0 Å². The van der Waals surface area contributed by atoms with Gasteiger partial charge in [0.05, 0.1) is 6.85 Å². The second-order valence-corrected chi connectivity index (χ2v) is 4.43. The fourth-order valence-electron chi connectivity index (χ4n) is 1.64. The fourth-order valence-corrected chi connectivity index (χ4v) is 2.48. The molecule has 0 N–H and O–H groups in total. The molecule has 2 aromatic carbocycles. The standard InChI is InChI=1S/C14H15P/c1-10-6-7-12-9-15(2)8-11-4-3-5-13(10)14(11)12/h3-7H,8-9H2,1-2H3/i2D3,3D,4D,5D,6D,7D,8D2,9D2. The van der Waals surface area contributed by atoms with Gasteiger partial charge in [0, 0.05) is 9.60 Å². The second kappa shape index (κ2) is 3.32. The Morgan fingerprint density at radius 1 is 1.27 bits per heavy atom. The minimum atomic E-state index is -3.09. The molecule has 1 aliphatic rings. The molecule has 0 nitrogen and oxygen atoms in total. The van der Waals surface area contributed by atoms with Crippen molar-refractivity contribution in [2.24, 2.45) is 0 Å². The average Bonchev–Trinajstić information content (AvgIpc) is 2.46. The Labute approximate surface area is 109 Å². The number of benzene rings is 2. The summed E-state index contributed by atoms with van der Waals surface area (Å²) in [5.41, 5.74) is -0.838. The predicted octanol–water partition coefficient (Wildman–Crippen LogP) is 4.27. The van der Waals surface area contributed by atoms with Crippen molar-refractivity contribution >= 4 is 18.7 Å². The third kappa shape index (κ3) is 1.40. The van der Waals surface area contributed by atoms with Gasteiger partial charge in [-0.15, -0.1) is 7.92 Å². The molecular formula is C14H15P. The van der Waals surface area contributed by atoms with Crippen molar-refractivity contribution in [3.8, 4) is 0 Å². The molecule has 15 heavy (non-hydrogen) atoms. The van der Waals surface area contributed by atoms with Crippen LogP contribution in [0.5, 0.6) is 0 Å². The molecule has 76 valence electrons. The Bertz CT molecular complexity index is 922. The Morgan fingerprint density at radius 2 is 2.07 bits per heavy atom. The molecule has 0 spiro atoms. The van der Waals surface area contributed by atoms with Crippen LogP contribution in [-0.4, -0.2) is 6.59 Å². The topological polar surface area (TPSA) is 0 Å². The molecule has 1 unspecified atom stereocenters. The monoisotopic (exact) mass is 226 g/mol. The molecule has 0 bridgehead atoms. The minimum Gasteiger partial charge on any atom is -0.101 e. The van der Waals surface area contributed by atoms with Gasteiger partial charge in [-0.05, 0) is 53.2 Å². The highest BCUT2D eigenvalue weighted by molar-refractivity contribution is 7.55.